The van der Waals surface area contributed by atoms with Crippen LogP contribution in [0.25, 0.3) is 22.4 Å². The first-order valence-corrected chi connectivity index (χ1v) is 10.5. The van der Waals surface area contributed by atoms with Crippen molar-refractivity contribution in [1.82, 2.24) is 15.5 Å². The Kier molecular flexibility index (Phi) is 5.96. The highest BCUT2D eigenvalue weighted by Crippen LogP contribution is 2.31. The number of carbonyl (C=O) groups is 1. The molecule has 4 rings (SSSR count). The number of methoxy groups -OCH3 is 1. The molecule has 30 heavy (non-hydrogen) atoms. The normalized spacial score (nSPS) is 12.1. The fourth-order valence-electron chi connectivity index (χ4n) is 2.89. The fourth-order valence-corrected chi connectivity index (χ4v) is 3.59. The molecule has 0 aliphatic carbocycles. The molecule has 0 saturated heterocycles. The second-order valence-electron chi connectivity index (χ2n) is 6.49. The number of rotatable bonds is 7. The molecule has 2 aromatic heterocycles. The maximum Gasteiger partial charge on any atom is 0.277 e. The number of nitrogens with zero attached hydrogens (tertiary/aromatic N) is 2. The van der Waals surface area contributed by atoms with Gasteiger partial charge in [-0.25, -0.2) is 0 Å². The first-order chi connectivity index (χ1) is 14.5. The van der Waals surface area contributed by atoms with Crippen molar-refractivity contribution in [3.63, 3.8) is 0 Å². The van der Waals surface area contributed by atoms with Crippen LogP contribution in [-0.4, -0.2) is 29.0 Å². The van der Waals surface area contributed by atoms with E-state index in [0.29, 0.717) is 33.2 Å². The van der Waals surface area contributed by atoms with E-state index in [1.807, 2.05) is 31.2 Å². The second kappa shape index (κ2) is 8.81. The van der Waals surface area contributed by atoms with Crippen molar-refractivity contribution in [3.05, 3.63) is 59.3 Å². The Morgan fingerprint density at radius 1 is 1.20 bits per heavy atom. The van der Waals surface area contributed by atoms with Crippen molar-refractivity contribution < 1.29 is 18.4 Å². The summed E-state index contributed by atoms with van der Waals surface area (Å²) in [6.07, 6.45) is 0. The van der Waals surface area contributed by atoms with Crippen molar-refractivity contribution in [2.75, 3.05) is 12.9 Å². The number of halogens is 1. The lowest BCUT2D eigenvalue weighted by Crippen LogP contribution is -2.27. The molecule has 0 bridgehead atoms. The van der Waals surface area contributed by atoms with Gasteiger partial charge in [-0.1, -0.05) is 35.5 Å². The summed E-state index contributed by atoms with van der Waals surface area (Å²) < 4.78 is 16.8. The summed E-state index contributed by atoms with van der Waals surface area (Å²) in [5.41, 5.74) is 1.42. The van der Waals surface area contributed by atoms with E-state index in [0.717, 1.165) is 10.9 Å². The Morgan fingerprint density at radius 2 is 2.00 bits per heavy atom. The van der Waals surface area contributed by atoms with Crippen LogP contribution in [-0.2, 0) is 4.79 Å². The molecule has 0 radical (unpaired) electrons. The van der Waals surface area contributed by atoms with Crippen molar-refractivity contribution >= 4 is 40.2 Å². The van der Waals surface area contributed by atoms with E-state index >= 15 is 0 Å². The van der Waals surface area contributed by atoms with Gasteiger partial charge in [0.1, 0.15) is 5.76 Å². The molecular weight excluding hydrogens is 426 g/mol. The van der Waals surface area contributed by atoms with Crippen LogP contribution in [0.2, 0.25) is 5.02 Å². The molecule has 1 unspecified atom stereocenters. The number of nitrogens with one attached hydrogen (secondary N) is 1. The quantitative estimate of drug-likeness (QED) is 0.396. The third kappa shape index (κ3) is 4.44. The zero-order valence-electron chi connectivity index (χ0n) is 16.2. The van der Waals surface area contributed by atoms with Crippen molar-refractivity contribution in [2.45, 2.75) is 18.2 Å². The molecule has 0 saturated carbocycles. The summed E-state index contributed by atoms with van der Waals surface area (Å²) in [5, 5.41) is 12.7. The lowest BCUT2D eigenvalue weighted by molar-refractivity contribution is -0.119. The third-order valence-electron chi connectivity index (χ3n) is 4.38. The summed E-state index contributed by atoms with van der Waals surface area (Å²) in [4.78, 5) is 12.3. The summed E-state index contributed by atoms with van der Waals surface area (Å²) >= 11 is 7.05. The van der Waals surface area contributed by atoms with Gasteiger partial charge >= 0.3 is 0 Å². The zero-order valence-corrected chi connectivity index (χ0v) is 17.8. The van der Waals surface area contributed by atoms with Crippen LogP contribution in [0.4, 0.5) is 0 Å². The predicted molar refractivity (Wildman–Crippen MR) is 115 cm³/mol. The number of ether oxygens (including phenoxy) is 1. The number of benzene rings is 2. The Hall–Kier alpha value is -2.97. The van der Waals surface area contributed by atoms with Gasteiger partial charge in [0.15, 0.2) is 11.3 Å². The molecule has 1 amide bonds. The van der Waals surface area contributed by atoms with Crippen LogP contribution in [0, 0.1) is 0 Å². The average molecular weight is 444 g/mol. The number of hydrogen-bond acceptors (Lipinski definition) is 7. The summed E-state index contributed by atoms with van der Waals surface area (Å²) in [7, 11) is 1.59. The van der Waals surface area contributed by atoms with Gasteiger partial charge < -0.3 is 18.9 Å². The van der Waals surface area contributed by atoms with Gasteiger partial charge in [-0.2, -0.15) is 0 Å². The maximum atomic E-state index is 12.3. The van der Waals surface area contributed by atoms with Crippen LogP contribution < -0.4 is 10.1 Å². The number of thioether (sulfide) groups is 1. The standard InChI is InChI=1S/C21H18ClN3O4S/c1-12(17-10-14-4-3-5-16(27-2)19(14)28-17)23-18(26)11-30-21-25-24-20(29-21)13-6-8-15(22)9-7-13/h3-10,12H,11H2,1-2H3,(H,23,26). The molecule has 9 heteroatoms. The van der Waals surface area contributed by atoms with Gasteiger partial charge in [0.2, 0.25) is 11.8 Å². The molecule has 7 nitrogen and oxygen atoms in total. The van der Waals surface area contributed by atoms with Crippen molar-refractivity contribution in [3.8, 4) is 17.2 Å². The first kappa shape index (κ1) is 20.3. The number of amides is 1. The highest BCUT2D eigenvalue weighted by molar-refractivity contribution is 7.99. The number of hydrogen-bond donors (Lipinski definition) is 1. The number of carbonyl (C=O) groups excluding carboxylic acids is 1. The Labute approximate surface area is 181 Å². The SMILES string of the molecule is COc1cccc2cc(C(C)NC(=O)CSc3nnc(-c4ccc(Cl)cc4)o3)oc12. The lowest BCUT2D eigenvalue weighted by atomic mass is 10.2. The van der Waals surface area contributed by atoms with E-state index in [-0.39, 0.29) is 17.7 Å². The average Bonchev–Trinajstić information content (AvgIpc) is 3.40. The van der Waals surface area contributed by atoms with E-state index in [1.165, 1.54) is 11.8 Å². The van der Waals surface area contributed by atoms with E-state index in [9.17, 15) is 4.79 Å². The van der Waals surface area contributed by atoms with E-state index in [4.69, 9.17) is 25.2 Å². The number of para-hydroxylation sites is 1. The van der Waals surface area contributed by atoms with E-state index < -0.39 is 0 Å². The minimum Gasteiger partial charge on any atom is -0.493 e. The first-order valence-electron chi connectivity index (χ1n) is 9.11. The van der Waals surface area contributed by atoms with Crippen LogP contribution in [0.15, 0.2) is 62.6 Å². The molecule has 1 atom stereocenters. The molecular formula is C21H18ClN3O4S. The van der Waals surface area contributed by atoms with Gasteiger partial charge in [-0.05, 0) is 43.3 Å². The Bertz CT molecular complexity index is 1170. The van der Waals surface area contributed by atoms with E-state index in [2.05, 4.69) is 15.5 Å². The van der Waals surface area contributed by atoms with Gasteiger partial charge in [0, 0.05) is 16.0 Å². The van der Waals surface area contributed by atoms with Crippen LogP contribution in [0.1, 0.15) is 18.7 Å². The van der Waals surface area contributed by atoms with E-state index in [1.54, 1.807) is 31.4 Å². The summed E-state index contributed by atoms with van der Waals surface area (Å²) in [6.45, 7) is 1.86. The largest absolute Gasteiger partial charge is 0.493 e. The van der Waals surface area contributed by atoms with Crippen molar-refractivity contribution in [2.24, 2.45) is 0 Å². The van der Waals surface area contributed by atoms with Gasteiger partial charge in [-0.15, -0.1) is 10.2 Å². The Morgan fingerprint density at radius 3 is 2.77 bits per heavy atom. The zero-order chi connectivity index (χ0) is 21.1. The molecule has 154 valence electrons. The van der Waals surface area contributed by atoms with Crippen LogP contribution in [0.5, 0.6) is 5.75 Å². The van der Waals surface area contributed by atoms with Crippen molar-refractivity contribution in [1.29, 1.82) is 0 Å². The molecule has 0 aliphatic heterocycles. The Balaban J connectivity index is 1.35. The number of furan rings is 1. The monoisotopic (exact) mass is 443 g/mol. The summed E-state index contributed by atoms with van der Waals surface area (Å²) in [5.74, 6) is 1.64. The molecule has 2 aromatic carbocycles. The van der Waals surface area contributed by atoms with Crippen LogP contribution in [0.3, 0.4) is 0 Å². The minimum absolute atomic E-state index is 0.135. The van der Waals surface area contributed by atoms with Gasteiger partial charge in [0.05, 0.1) is 18.9 Å². The highest BCUT2D eigenvalue weighted by atomic mass is 35.5. The maximum absolute atomic E-state index is 12.3. The van der Waals surface area contributed by atoms with Gasteiger partial charge in [0.25, 0.3) is 5.22 Å². The summed E-state index contributed by atoms with van der Waals surface area (Å²) in [6, 6.07) is 14.3. The molecule has 0 fully saturated rings. The molecule has 4 aromatic rings. The smallest absolute Gasteiger partial charge is 0.277 e. The molecule has 0 aliphatic rings. The fraction of sp³-hybridized carbons (Fsp3) is 0.190. The highest BCUT2D eigenvalue weighted by Gasteiger charge is 2.17. The lowest BCUT2D eigenvalue weighted by Gasteiger charge is -2.10. The number of fused-ring (bicyclic) bond motifs is 1. The third-order valence-corrected chi connectivity index (χ3v) is 5.45. The van der Waals surface area contributed by atoms with Crippen LogP contribution >= 0.6 is 23.4 Å². The topological polar surface area (TPSA) is 90.4 Å². The number of aromatic nitrogens is 2. The molecule has 2 heterocycles. The van der Waals surface area contributed by atoms with Gasteiger partial charge in [-0.3, -0.25) is 4.79 Å². The molecule has 1 N–H and O–H groups in total. The minimum atomic E-state index is -0.303. The predicted octanol–water partition coefficient (Wildman–Crippen LogP) is 5.11. The molecule has 0 spiro atoms. The second-order valence-corrected chi connectivity index (χ2v) is 7.85.